The van der Waals surface area contributed by atoms with Crippen molar-refractivity contribution in [1.29, 1.82) is 0 Å². The van der Waals surface area contributed by atoms with Crippen LogP contribution in [0.4, 0.5) is 0 Å². The third-order valence-electron chi connectivity index (χ3n) is 2.82. The van der Waals surface area contributed by atoms with Crippen molar-refractivity contribution in [3.8, 4) is 10.6 Å². The van der Waals surface area contributed by atoms with Gasteiger partial charge in [0.05, 0.1) is 0 Å². The fraction of sp³-hybridized carbons (Fsp3) is 0.312. The lowest BCUT2D eigenvalue weighted by Gasteiger charge is -2.14. The van der Waals surface area contributed by atoms with Crippen LogP contribution in [0.15, 0.2) is 35.7 Å². The first-order valence-corrected chi connectivity index (χ1v) is 7.87. The summed E-state index contributed by atoms with van der Waals surface area (Å²) in [5, 5.41) is 5.08. The Balaban J connectivity index is 2.02. The number of benzene rings is 1. The van der Waals surface area contributed by atoms with E-state index in [1.54, 1.807) is 12.3 Å². The number of amides is 1. The van der Waals surface area contributed by atoms with E-state index in [1.165, 1.54) is 11.3 Å². The van der Waals surface area contributed by atoms with Crippen LogP contribution < -0.4 is 5.32 Å². The first-order valence-electron chi connectivity index (χ1n) is 6.99. The Morgan fingerprint density at radius 2 is 1.86 bits per heavy atom. The number of nitrogens with one attached hydrogen (secondary N) is 1. The molecule has 1 N–H and O–H groups in total. The zero-order valence-electron chi connectivity index (χ0n) is 12.7. The molecule has 0 aliphatic heterocycles. The van der Waals surface area contributed by atoms with Gasteiger partial charge in [-0.3, -0.25) is 4.79 Å². The molecule has 0 unspecified atom stereocenters. The summed E-state index contributed by atoms with van der Waals surface area (Å²) >= 11 is 1.36. The SMILES string of the molecule is CC(C)NC(=O)[C@H](C)OC(=O)c1csc(-c2ccccc2)n1. The summed E-state index contributed by atoms with van der Waals surface area (Å²) in [4.78, 5) is 28.0. The van der Waals surface area contributed by atoms with Gasteiger partial charge in [0.2, 0.25) is 0 Å². The van der Waals surface area contributed by atoms with Crippen LogP contribution in [-0.2, 0) is 9.53 Å². The number of hydrogen-bond acceptors (Lipinski definition) is 5. The average Bonchev–Trinajstić information content (AvgIpc) is 2.97. The van der Waals surface area contributed by atoms with Crippen LogP contribution in [-0.4, -0.2) is 29.0 Å². The van der Waals surface area contributed by atoms with Gasteiger partial charge in [-0.05, 0) is 20.8 Å². The van der Waals surface area contributed by atoms with E-state index in [9.17, 15) is 9.59 Å². The molecule has 116 valence electrons. The molecule has 0 aliphatic carbocycles. The van der Waals surface area contributed by atoms with E-state index in [4.69, 9.17) is 4.74 Å². The lowest BCUT2D eigenvalue weighted by Crippen LogP contribution is -2.39. The van der Waals surface area contributed by atoms with Gasteiger partial charge in [0.1, 0.15) is 5.01 Å². The van der Waals surface area contributed by atoms with E-state index < -0.39 is 12.1 Å². The van der Waals surface area contributed by atoms with Crippen molar-refractivity contribution in [3.05, 3.63) is 41.4 Å². The Bertz CT molecular complexity index is 652. The molecule has 1 aromatic carbocycles. The van der Waals surface area contributed by atoms with Crippen molar-refractivity contribution in [2.45, 2.75) is 32.9 Å². The first-order chi connectivity index (χ1) is 10.5. The van der Waals surface area contributed by atoms with Crippen LogP contribution in [0.3, 0.4) is 0 Å². The van der Waals surface area contributed by atoms with Crippen LogP contribution in [0, 0.1) is 0 Å². The van der Waals surface area contributed by atoms with Crippen molar-refractivity contribution in [1.82, 2.24) is 10.3 Å². The number of hydrogen-bond donors (Lipinski definition) is 1. The van der Waals surface area contributed by atoms with E-state index in [-0.39, 0.29) is 17.6 Å². The van der Waals surface area contributed by atoms with Crippen molar-refractivity contribution >= 4 is 23.2 Å². The zero-order valence-corrected chi connectivity index (χ0v) is 13.5. The van der Waals surface area contributed by atoms with E-state index in [1.807, 2.05) is 44.2 Å². The highest BCUT2D eigenvalue weighted by atomic mass is 32.1. The normalized spacial score (nSPS) is 12.0. The van der Waals surface area contributed by atoms with Crippen molar-refractivity contribution < 1.29 is 14.3 Å². The summed E-state index contributed by atoms with van der Waals surface area (Å²) in [7, 11) is 0. The Morgan fingerprint density at radius 1 is 1.18 bits per heavy atom. The minimum Gasteiger partial charge on any atom is -0.448 e. The molecule has 6 heteroatoms. The van der Waals surface area contributed by atoms with Crippen LogP contribution in [0.25, 0.3) is 10.6 Å². The number of ether oxygens (including phenoxy) is 1. The van der Waals surface area contributed by atoms with E-state index in [0.29, 0.717) is 0 Å². The van der Waals surface area contributed by atoms with Gasteiger partial charge in [-0.2, -0.15) is 0 Å². The van der Waals surface area contributed by atoms with Gasteiger partial charge in [0, 0.05) is 17.0 Å². The van der Waals surface area contributed by atoms with Gasteiger partial charge >= 0.3 is 5.97 Å². The molecule has 0 aliphatic rings. The summed E-state index contributed by atoms with van der Waals surface area (Å²) in [5.41, 5.74) is 1.16. The molecule has 1 aromatic heterocycles. The lowest BCUT2D eigenvalue weighted by atomic mass is 10.2. The molecule has 0 bridgehead atoms. The molecule has 0 saturated heterocycles. The topological polar surface area (TPSA) is 68.3 Å². The summed E-state index contributed by atoms with van der Waals surface area (Å²) in [6.45, 7) is 5.23. The summed E-state index contributed by atoms with van der Waals surface area (Å²) in [5.74, 6) is -0.910. The molecule has 2 rings (SSSR count). The van der Waals surface area contributed by atoms with Crippen LogP contribution >= 0.6 is 11.3 Å². The molecular weight excluding hydrogens is 300 g/mol. The molecule has 5 nitrogen and oxygen atoms in total. The Kier molecular flexibility index (Phi) is 5.27. The predicted octanol–water partition coefficient (Wildman–Crippen LogP) is 2.88. The number of nitrogens with zero attached hydrogens (tertiary/aromatic N) is 1. The molecule has 22 heavy (non-hydrogen) atoms. The second-order valence-corrected chi connectivity index (χ2v) is 5.97. The van der Waals surface area contributed by atoms with Gasteiger partial charge in [0.25, 0.3) is 5.91 Å². The molecule has 1 heterocycles. The quantitative estimate of drug-likeness (QED) is 0.861. The standard InChI is InChI=1S/C16H18N2O3S/c1-10(2)17-14(19)11(3)21-16(20)13-9-22-15(18-13)12-7-5-4-6-8-12/h4-11H,1-3H3,(H,17,19)/t11-/m0/s1. The van der Waals surface area contributed by atoms with E-state index in [0.717, 1.165) is 10.6 Å². The Labute approximate surface area is 133 Å². The fourth-order valence-corrected chi connectivity index (χ4v) is 2.55. The smallest absolute Gasteiger partial charge is 0.358 e. The van der Waals surface area contributed by atoms with E-state index >= 15 is 0 Å². The number of carbonyl (C=O) groups excluding carboxylic acids is 2. The van der Waals surface area contributed by atoms with Crippen LogP contribution in [0.5, 0.6) is 0 Å². The highest BCUT2D eigenvalue weighted by molar-refractivity contribution is 7.13. The summed E-state index contributed by atoms with van der Waals surface area (Å²) < 4.78 is 5.14. The Morgan fingerprint density at radius 3 is 2.50 bits per heavy atom. The molecule has 1 amide bonds. The third kappa shape index (κ3) is 4.14. The molecule has 2 aromatic rings. The van der Waals surface area contributed by atoms with Gasteiger partial charge < -0.3 is 10.1 Å². The average molecular weight is 318 g/mol. The van der Waals surface area contributed by atoms with Gasteiger partial charge in [0.15, 0.2) is 11.8 Å². The minimum atomic E-state index is -0.850. The van der Waals surface area contributed by atoms with Gasteiger partial charge in [-0.25, -0.2) is 9.78 Å². The first kappa shape index (κ1) is 16.2. The zero-order chi connectivity index (χ0) is 16.1. The number of aromatic nitrogens is 1. The van der Waals surface area contributed by atoms with E-state index in [2.05, 4.69) is 10.3 Å². The van der Waals surface area contributed by atoms with Gasteiger partial charge in [-0.15, -0.1) is 11.3 Å². The summed E-state index contributed by atoms with van der Waals surface area (Å²) in [6, 6.07) is 9.58. The van der Waals surface area contributed by atoms with Crippen molar-refractivity contribution in [2.24, 2.45) is 0 Å². The second kappa shape index (κ2) is 7.17. The number of esters is 1. The van der Waals surface area contributed by atoms with Crippen molar-refractivity contribution in [2.75, 3.05) is 0 Å². The number of thiazole rings is 1. The largest absolute Gasteiger partial charge is 0.448 e. The molecular formula is C16H18N2O3S. The molecule has 0 saturated carbocycles. The fourth-order valence-electron chi connectivity index (χ4n) is 1.76. The van der Waals surface area contributed by atoms with Gasteiger partial charge in [-0.1, -0.05) is 30.3 Å². The molecule has 0 fully saturated rings. The van der Waals surface area contributed by atoms with Crippen LogP contribution in [0.1, 0.15) is 31.3 Å². The van der Waals surface area contributed by atoms with Crippen molar-refractivity contribution in [3.63, 3.8) is 0 Å². The minimum absolute atomic E-state index is 0.00221. The Hall–Kier alpha value is -2.21. The molecule has 1 atom stereocenters. The monoisotopic (exact) mass is 318 g/mol. The lowest BCUT2D eigenvalue weighted by molar-refractivity contribution is -0.129. The number of rotatable bonds is 5. The predicted molar refractivity (Wildman–Crippen MR) is 85.7 cm³/mol. The molecule has 0 radical (unpaired) electrons. The molecule has 0 spiro atoms. The summed E-state index contributed by atoms with van der Waals surface area (Å²) in [6.07, 6.45) is -0.850. The maximum absolute atomic E-state index is 12.0. The number of carbonyl (C=O) groups is 2. The third-order valence-corrected chi connectivity index (χ3v) is 3.71. The highest BCUT2D eigenvalue weighted by Crippen LogP contribution is 2.23. The maximum Gasteiger partial charge on any atom is 0.358 e. The highest BCUT2D eigenvalue weighted by Gasteiger charge is 2.21. The maximum atomic E-state index is 12.0. The van der Waals surface area contributed by atoms with Crippen LogP contribution in [0.2, 0.25) is 0 Å². The second-order valence-electron chi connectivity index (χ2n) is 5.11.